The van der Waals surface area contributed by atoms with Gasteiger partial charge in [0.25, 0.3) is 0 Å². The van der Waals surface area contributed by atoms with Gasteiger partial charge in [-0.2, -0.15) is 0 Å². The molecule has 4 nitrogen and oxygen atoms in total. The minimum atomic E-state index is -5.08. The molecule has 0 aliphatic carbocycles. The average Bonchev–Trinajstić information content (AvgIpc) is 3.11. The van der Waals surface area contributed by atoms with Gasteiger partial charge in [0.2, 0.25) is 0 Å². The van der Waals surface area contributed by atoms with Crippen molar-refractivity contribution in [2.45, 2.75) is 19.6 Å². The maximum absolute atomic E-state index is 14.2. The number of hydrogen-bond acceptors (Lipinski definition) is 6. The Labute approximate surface area is 248 Å². The second kappa shape index (κ2) is 11.1. The van der Waals surface area contributed by atoms with Crippen molar-refractivity contribution in [1.82, 2.24) is 0 Å². The number of rotatable bonds is 4. The van der Waals surface area contributed by atoms with E-state index in [0.29, 0.717) is 20.9 Å². The normalized spacial score (nSPS) is 13.7. The molecule has 0 aromatic heterocycles. The van der Waals surface area contributed by atoms with Gasteiger partial charge >= 0.3 is 37.4 Å². The Bertz CT molecular complexity index is 1560. The molecule has 4 aromatic rings. The van der Waals surface area contributed by atoms with E-state index < -0.39 is 19.5 Å². The molecule has 0 radical (unpaired) electrons. The van der Waals surface area contributed by atoms with E-state index in [4.69, 9.17) is 9.05 Å². The molecule has 6 rings (SSSR count). The predicted octanol–water partition coefficient (Wildman–Crippen LogP) is 5.10. The third-order valence-corrected chi connectivity index (χ3v) is 8.86. The zero-order valence-corrected chi connectivity index (χ0v) is 24.4. The zero-order valence-electron chi connectivity index (χ0n) is 19.9. The van der Waals surface area contributed by atoms with Crippen LogP contribution >= 0.6 is 31.3 Å². The molecule has 0 atom stereocenters. The maximum atomic E-state index is 14.2. The van der Waals surface area contributed by atoms with Crippen molar-refractivity contribution in [2.75, 3.05) is 0 Å². The Kier molecular flexibility index (Phi) is 7.94. The largest absolute Gasteiger partial charge is 1.00 e. The molecule has 4 aromatic carbocycles. The summed E-state index contributed by atoms with van der Waals surface area (Å²) in [5.41, 5.74) is 1.99. The van der Waals surface area contributed by atoms with Crippen molar-refractivity contribution in [3.8, 4) is 0 Å². The van der Waals surface area contributed by atoms with Gasteiger partial charge in [-0.15, -0.1) is 0 Å². The average molecular weight is 573 g/mol. The second-order valence-corrected chi connectivity index (χ2v) is 11.6. The molecule has 2 aliphatic rings. The van der Waals surface area contributed by atoms with Gasteiger partial charge in [-0.05, 0) is 71.8 Å². The zero-order chi connectivity index (χ0) is 25.6. The summed E-state index contributed by atoms with van der Waals surface area (Å²) in [6, 6.07) is 23.0. The van der Waals surface area contributed by atoms with Crippen molar-refractivity contribution in [1.29, 1.82) is 0 Å². The van der Waals surface area contributed by atoms with Crippen LogP contribution < -0.4 is 34.5 Å². The van der Waals surface area contributed by atoms with Gasteiger partial charge in [-0.1, -0.05) is 59.9 Å². The van der Waals surface area contributed by atoms with Gasteiger partial charge in [0.05, 0.1) is 0 Å². The molecule has 0 amide bonds. The van der Waals surface area contributed by atoms with Crippen LogP contribution in [-0.4, -0.2) is 0 Å². The Balaban J connectivity index is 0.00000294. The Morgan fingerprint density at radius 2 is 1.05 bits per heavy atom. The molecular formula is C28H16F2NaO4PS2. The summed E-state index contributed by atoms with van der Waals surface area (Å²) >= 11 is 2.76. The monoisotopic (exact) mass is 572 g/mol. The van der Waals surface area contributed by atoms with E-state index in [1.165, 1.54) is 47.8 Å². The predicted molar refractivity (Wildman–Crippen MR) is 139 cm³/mol. The molecule has 0 spiro atoms. The van der Waals surface area contributed by atoms with Crippen LogP contribution in [0.2, 0.25) is 0 Å². The maximum Gasteiger partial charge on any atom is 1.00 e. The SMILES string of the molecule is O=P([O-])(OC1=Cc2ccccc2Sc2ccc(F)cc21)OC1=Cc2ccccc2Sc2ccc(F)cc21.[Na+]. The van der Waals surface area contributed by atoms with Crippen LogP contribution in [0.4, 0.5) is 8.78 Å². The molecule has 0 bridgehead atoms. The number of benzene rings is 4. The summed E-state index contributed by atoms with van der Waals surface area (Å²) < 4.78 is 52.7. The van der Waals surface area contributed by atoms with Crippen LogP contribution in [0, 0.1) is 11.6 Å². The van der Waals surface area contributed by atoms with Gasteiger partial charge in [-0.3, -0.25) is 0 Å². The van der Waals surface area contributed by atoms with Gasteiger partial charge < -0.3 is 13.9 Å². The standard InChI is InChI=1S/C28H17F2O4PS2.Na/c29-19-9-11-27-21(15-19)23(13-17-5-1-3-7-25(17)36-27)33-35(31,32)34-24-14-18-6-2-4-8-26(18)37-28-12-10-20(30)16-22(24)28;/h1-16H,(H,31,32);/q;+1/p-1. The number of phosphoric ester groups is 1. The fourth-order valence-electron chi connectivity index (χ4n) is 4.04. The summed E-state index contributed by atoms with van der Waals surface area (Å²) in [6.07, 6.45) is 3.09. The smallest absolute Gasteiger partial charge is 0.736 e. The summed E-state index contributed by atoms with van der Waals surface area (Å²) in [7, 11) is -5.08. The molecule has 184 valence electrons. The van der Waals surface area contributed by atoms with Crippen LogP contribution in [-0.2, 0) is 13.6 Å². The van der Waals surface area contributed by atoms with Gasteiger partial charge in [-0.25, -0.2) is 13.3 Å². The number of hydrogen-bond donors (Lipinski definition) is 0. The quantitative estimate of drug-likeness (QED) is 0.251. The summed E-state index contributed by atoms with van der Waals surface area (Å²) in [5, 5.41) is 0. The molecule has 2 aliphatic heterocycles. The minimum absolute atomic E-state index is 0. The van der Waals surface area contributed by atoms with Crippen LogP contribution in [0.25, 0.3) is 23.7 Å². The summed E-state index contributed by atoms with van der Waals surface area (Å²) in [6.45, 7) is 0. The van der Waals surface area contributed by atoms with E-state index in [1.807, 2.05) is 48.5 Å². The topological polar surface area (TPSA) is 58.6 Å². The van der Waals surface area contributed by atoms with Crippen LogP contribution in [0.15, 0.2) is 105 Å². The number of halogens is 2. The molecule has 0 saturated carbocycles. The Morgan fingerprint density at radius 3 is 1.50 bits per heavy atom. The second-order valence-electron chi connectivity index (χ2n) is 8.21. The summed E-state index contributed by atoms with van der Waals surface area (Å²) in [4.78, 5) is 16.3. The van der Waals surface area contributed by atoms with Crippen LogP contribution in [0.3, 0.4) is 0 Å². The van der Waals surface area contributed by atoms with Gasteiger partial charge in [0.1, 0.15) is 23.2 Å². The molecule has 0 fully saturated rings. The van der Waals surface area contributed by atoms with Gasteiger partial charge in [0.15, 0.2) is 0 Å². The first-order valence-corrected chi connectivity index (χ1v) is 14.2. The van der Waals surface area contributed by atoms with E-state index in [0.717, 1.165) is 9.79 Å². The van der Waals surface area contributed by atoms with Gasteiger partial charge in [0, 0.05) is 30.7 Å². The van der Waals surface area contributed by atoms with Crippen molar-refractivity contribution in [3.63, 3.8) is 0 Å². The Morgan fingerprint density at radius 1 is 0.632 bits per heavy atom. The van der Waals surface area contributed by atoms with Crippen LogP contribution in [0.5, 0.6) is 0 Å². The van der Waals surface area contributed by atoms with Crippen molar-refractivity contribution in [2.24, 2.45) is 0 Å². The van der Waals surface area contributed by atoms with E-state index in [9.17, 15) is 18.2 Å². The molecule has 0 unspecified atom stereocenters. The van der Waals surface area contributed by atoms with Crippen molar-refractivity contribution in [3.05, 3.63) is 119 Å². The molecule has 2 heterocycles. The van der Waals surface area contributed by atoms with Crippen molar-refractivity contribution >= 4 is 55.0 Å². The number of fused-ring (bicyclic) bond motifs is 4. The molecule has 10 heteroatoms. The minimum Gasteiger partial charge on any atom is -0.736 e. The fourth-order valence-corrected chi connectivity index (χ4v) is 6.93. The first-order chi connectivity index (χ1) is 17.8. The fraction of sp³-hybridized carbons (Fsp3) is 0. The molecular weight excluding hydrogens is 556 g/mol. The Hall–Kier alpha value is -2.29. The van der Waals surface area contributed by atoms with Crippen LogP contribution in [0.1, 0.15) is 22.3 Å². The van der Waals surface area contributed by atoms with E-state index in [-0.39, 0.29) is 52.2 Å². The third-order valence-electron chi connectivity index (χ3n) is 5.69. The molecule has 38 heavy (non-hydrogen) atoms. The molecule has 0 N–H and O–H groups in total. The molecule has 0 saturated heterocycles. The first-order valence-electron chi connectivity index (χ1n) is 11.1. The first kappa shape index (κ1) is 27.3. The van der Waals surface area contributed by atoms with E-state index in [2.05, 4.69) is 0 Å². The number of phosphoric acid groups is 1. The van der Waals surface area contributed by atoms with Crippen molar-refractivity contribution < 1.29 is 56.8 Å². The van der Waals surface area contributed by atoms with E-state index in [1.54, 1.807) is 24.3 Å². The third kappa shape index (κ3) is 5.68. The summed E-state index contributed by atoms with van der Waals surface area (Å²) in [5.74, 6) is -1.22. The van der Waals surface area contributed by atoms with E-state index >= 15 is 0 Å².